The van der Waals surface area contributed by atoms with Crippen LogP contribution in [0.3, 0.4) is 0 Å². The van der Waals surface area contributed by atoms with Gasteiger partial charge in [-0.15, -0.1) is 11.8 Å². The van der Waals surface area contributed by atoms with Crippen LogP contribution in [0.15, 0.2) is 54.6 Å². The van der Waals surface area contributed by atoms with Gasteiger partial charge in [0.25, 0.3) is 0 Å². The Morgan fingerprint density at radius 3 is 2.18 bits per heavy atom. The molecule has 3 nitrogen and oxygen atoms in total. The molecule has 0 saturated carbocycles. The van der Waals surface area contributed by atoms with Gasteiger partial charge in [-0.3, -0.25) is 9.59 Å². The summed E-state index contributed by atoms with van der Waals surface area (Å²) < 4.78 is 4.82. The number of carbonyl (C=O) groups is 2. The zero-order valence-electron chi connectivity index (χ0n) is 12.5. The van der Waals surface area contributed by atoms with Crippen molar-refractivity contribution in [1.29, 1.82) is 0 Å². The van der Waals surface area contributed by atoms with Crippen molar-refractivity contribution >= 4 is 23.5 Å². The smallest absolute Gasteiger partial charge is 0.315 e. The highest BCUT2D eigenvalue weighted by molar-refractivity contribution is 8.00. The van der Waals surface area contributed by atoms with Gasteiger partial charge in [-0.05, 0) is 18.1 Å². The summed E-state index contributed by atoms with van der Waals surface area (Å²) in [6, 6.07) is 17.6. The summed E-state index contributed by atoms with van der Waals surface area (Å²) in [5.41, 5.74) is 2.87. The number of carbonyl (C=O) groups excluding carboxylic acids is 2. The number of ketones is 1. The number of benzene rings is 2. The van der Waals surface area contributed by atoms with Crippen molar-refractivity contribution in [3.8, 4) is 11.1 Å². The number of ether oxygens (including phenoxy) is 1. The van der Waals surface area contributed by atoms with E-state index in [-0.39, 0.29) is 23.3 Å². The Kier molecular flexibility index (Phi) is 6.22. The molecule has 2 aromatic carbocycles. The van der Waals surface area contributed by atoms with Gasteiger partial charge in [0, 0.05) is 5.56 Å². The largest absolute Gasteiger partial charge is 0.465 e. The van der Waals surface area contributed by atoms with Gasteiger partial charge >= 0.3 is 5.97 Å². The molecule has 4 heteroatoms. The van der Waals surface area contributed by atoms with E-state index in [4.69, 9.17) is 4.74 Å². The first-order valence-electron chi connectivity index (χ1n) is 7.12. The van der Waals surface area contributed by atoms with Crippen LogP contribution in [0.4, 0.5) is 0 Å². The fraction of sp³-hybridized carbons (Fsp3) is 0.222. The molecule has 0 aromatic heterocycles. The molecule has 0 fully saturated rings. The summed E-state index contributed by atoms with van der Waals surface area (Å²) in [6.07, 6.45) is 0. The van der Waals surface area contributed by atoms with Crippen molar-refractivity contribution < 1.29 is 14.3 Å². The van der Waals surface area contributed by atoms with Crippen LogP contribution >= 0.6 is 11.8 Å². The Bertz CT molecular complexity index is 621. The summed E-state index contributed by atoms with van der Waals surface area (Å²) in [6.45, 7) is 2.14. The highest BCUT2D eigenvalue weighted by atomic mass is 32.2. The van der Waals surface area contributed by atoms with Crippen LogP contribution in [0.25, 0.3) is 11.1 Å². The molecular weight excluding hydrogens is 296 g/mol. The molecule has 0 heterocycles. The average molecular weight is 314 g/mol. The molecule has 0 spiro atoms. The van der Waals surface area contributed by atoms with Gasteiger partial charge in [0.2, 0.25) is 0 Å². The highest BCUT2D eigenvalue weighted by Gasteiger charge is 2.09. The predicted octanol–water partition coefficient (Wildman–Crippen LogP) is 3.83. The first kappa shape index (κ1) is 16.3. The Morgan fingerprint density at radius 1 is 0.909 bits per heavy atom. The summed E-state index contributed by atoms with van der Waals surface area (Å²) in [5.74, 6) is 0.235. The molecule has 0 aliphatic carbocycles. The van der Waals surface area contributed by atoms with E-state index in [1.165, 1.54) is 11.8 Å². The SMILES string of the molecule is CCOC(=O)CSCC(=O)c1ccc(-c2ccccc2)cc1. The third kappa shape index (κ3) is 4.74. The van der Waals surface area contributed by atoms with E-state index in [9.17, 15) is 9.59 Å². The van der Waals surface area contributed by atoms with E-state index in [0.29, 0.717) is 12.2 Å². The maximum atomic E-state index is 12.1. The first-order chi connectivity index (χ1) is 10.7. The maximum Gasteiger partial charge on any atom is 0.315 e. The van der Waals surface area contributed by atoms with Crippen molar-refractivity contribution in [2.75, 3.05) is 18.1 Å². The minimum atomic E-state index is -0.278. The molecular formula is C18H18O3S. The monoisotopic (exact) mass is 314 g/mol. The molecule has 0 aliphatic heterocycles. The quantitative estimate of drug-likeness (QED) is 0.575. The van der Waals surface area contributed by atoms with E-state index in [1.54, 1.807) is 6.92 Å². The van der Waals surface area contributed by atoms with Crippen molar-refractivity contribution in [1.82, 2.24) is 0 Å². The number of rotatable bonds is 7. The Morgan fingerprint density at radius 2 is 1.55 bits per heavy atom. The van der Waals surface area contributed by atoms with Crippen molar-refractivity contribution in [2.24, 2.45) is 0 Å². The minimum Gasteiger partial charge on any atom is -0.465 e. The van der Waals surface area contributed by atoms with E-state index >= 15 is 0 Å². The normalized spacial score (nSPS) is 10.2. The second-order valence-electron chi connectivity index (χ2n) is 4.66. The van der Waals surface area contributed by atoms with Gasteiger partial charge in [0.15, 0.2) is 5.78 Å². The topological polar surface area (TPSA) is 43.4 Å². The van der Waals surface area contributed by atoms with E-state index in [2.05, 4.69) is 0 Å². The van der Waals surface area contributed by atoms with Crippen LogP contribution in [-0.4, -0.2) is 29.9 Å². The van der Waals surface area contributed by atoms with Gasteiger partial charge in [-0.25, -0.2) is 0 Å². The van der Waals surface area contributed by atoms with Crippen LogP contribution in [0.5, 0.6) is 0 Å². The number of hydrogen-bond donors (Lipinski definition) is 0. The zero-order chi connectivity index (χ0) is 15.8. The van der Waals surface area contributed by atoms with Crippen molar-refractivity contribution in [3.05, 3.63) is 60.2 Å². The average Bonchev–Trinajstić information content (AvgIpc) is 2.56. The molecule has 0 N–H and O–H groups in total. The summed E-state index contributed by atoms with van der Waals surface area (Å²) in [5, 5.41) is 0. The van der Waals surface area contributed by atoms with Crippen LogP contribution < -0.4 is 0 Å². The lowest BCUT2D eigenvalue weighted by molar-refractivity contribution is -0.139. The van der Waals surface area contributed by atoms with Crippen molar-refractivity contribution in [2.45, 2.75) is 6.92 Å². The number of hydrogen-bond acceptors (Lipinski definition) is 4. The molecule has 114 valence electrons. The van der Waals surface area contributed by atoms with Gasteiger partial charge in [-0.2, -0.15) is 0 Å². The molecule has 0 radical (unpaired) electrons. The molecule has 0 unspecified atom stereocenters. The number of Topliss-reactive ketones (excluding diaryl/α,β-unsaturated/α-hetero) is 1. The minimum absolute atomic E-state index is 0.0221. The molecule has 22 heavy (non-hydrogen) atoms. The molecule has 2 aromatic rings. The van der Waals surface area contributed by atoms with Gasteiger partial charge in [0.1, 0.15) is 0 Å². The summed E-state index contributed by atoms with van der Waals surface area (Å²) in [4.78, 5) is 23.3. The Labute approximate surface area is 134 Å². The van der Waals surface area contributed by atoms with Gasteiger partial charge in [-0.1, -0.05) is 54.6 Å². The van der Waals surface area contributed by atoms with Gasteiger partial charge < -0.3 is 4.74 Å². The third-order valence-corrected chi connectivity index (χ3v) is 3.98. The van der Waals surface area contributed by atoms with Crippen molar-refractivity contribution in [3.63, 3.8) is 0 Å². The predicted molar refractivity (Wildman–Crippen MR) is 90.2 cm³/mol. The Hall–Kier alpha value is -2.07. The molecule has 0 amide bonds. The maximum absolute atomic E-state index is 12.1. The lowest BCUT2D eigenvalue weighted by Crippen LogP contribution is -2.10. The lowest BCUT2D eigenvalue weighted by Gasteiger charge is -2.04. The van der Waals surface area contributed by atoms with Crippen LogP contribution in [0.1, 0.15) is 17.3 Å². The van der Waals surface area contributed by atoms with Gasteiger partial charge in [0.05, 0.1) is 18.1 Å². The fourth-order valence-corrected chi connectivity index (χ4v) is 2.70. The van der Waals surface area contributed by atoms with Crippen LogP contribution in [0.2, 0.25) is 0 Å². The summed E-state index contributed by atoms with van der Waals surface area (Å²) in [7, 11) is 0. The van der Waals surface area contributed by atoms with Crippen LogP contribution in [-0.2, 0) is 9.53 Å². The fourth-order valence-electron chi connectivity index (χ4n) is 1.99. The second kappa shape index (κ2) is 8.39. The molecule has 2 rings (SSSR count). The lowest BCUT2D eigenvalue weighted by atomic mass is 10.0. The van der Waals surface area contributed by atoms with E-state index < -0.39 is 0 Å². The first-order valence-corrected chi connectivity index (χ1v) is 8.28. The second-order valence-corrected chi connectivity index (χ2v) is 5.65. The third-order valence-electron chi connectivity index (χ3n) is 3.07. The highest BCUT2D eigenvalue weighted by Crippen LogP contribution is 2.19. The number of thioether (sulfide) groups is 1. The molecule has 0 atom stereocenters. The molecule has 0 bridgehead atoms. The molecule has 0 aliphatic rings. The molecule has 0 saturated heterocycles. The standard InChI is InChI=1S/C18H18O3S/c1-2-21-18(20)13-22-12-17(19)16-10-8-15(9-11-16)14-6-4-3-5-7-14/h3-11H,2,12-13H2,1H3. The summed E-state index contributed by atoms with van der Waals surface area (Å²) >= 11 is 1.28. The Balaban J connectivity index is 1.90. The number of esters is 1. The van der Waals surface area contributed by atoms with Crippen LogP contribution in [0, 0.1) is 0 Å². The van der Waals surface area contributed by atoms with E-state index in [1.807, 2.05) is 54.6 Å². The zero-order valence-corrected chi connectivity index (χ0v) is 13.3. The van der Waals surface area contributed by atoms with E-state index in [0.717, 1.165) is 11.1 Å².